The van der Waals surface area contributed by atoms with Crippen molar-refractivity contribution in [1.82, 2.24) is 5.32 Å². The van der Waals surface area contributed by atoms with Crippen LogP contribution in [-0.4, -0.2) is 12.5 Å². The maximum absolute atomic E-state index is 11.9. The van der Waals surface area contributed by atoms with Crippen molar-refractivity contribution in [3.05, 3.63) is 65.2 Å². The molecule has 0 heterocycles. The average molecular weight is 289 g/mol. The quantitative estimate of drug-likeness (QED) is 0.882. The second kappa shape index (κ2) is 6.96. The van der Waals surface area contributed by atoms with Crippen LogP contribution in [0.15, 0.2) is 54.6 Å². The molecule has 0 aliphatic heterocycles. The van der Waals surface area contributed by atoms with Crippen LogP contribution in [0.2, 0.25) is 5.02 Å². The smallest absolute Gasteiger partial charge is 0.239 e. The van der Waals surface area contributed by atoms with Crippen molar-refractivity contribution in [2.75, 3.05) is 11.9 Å². The molecule has 0 radical (unpaired) electrons. The summed E-state index contributed by atoms with van der Waals surface area (Å²) in [7, 11) is 0. The van der Waals surface area contributed by atoms with Gasteiger partial charge in [0.05, 0.1) is 12.6 Å². The topological polar surface area (TPSA) is 41.1 Å². The summed E-state index contributed by atoms with van der Waals surface area (Å²) in [5.41, 5.74) is 1.96. The first-order valence-corrected chi connectivity index (χ1v) is 6.86. The fraction of sp³-hybridized carbons (Fsp3) is 0.188. The Hall–Kier alpha value is -2.00. The van der Waals surface area contributed by atoms with Gasteiger partial charge in [0.25, 0.3) is 0 Å². The van der Waals surface area contributed by atoms with Gasteiger partial charge in [-0.2, -0.15) is 0 Å². The number of amides is 1. The third-order valence-corrected chi connectivity index (χ3v) is 3.23. The van der Waals surface area contributed by atoms with Crippen molar-refractivity contribution in [2.45, 2.75) is 13.0 Å². The van der Waals surface area contributed by atoms with Gasteiger partial charge in [-0.25, -0.2) is 0 Å². The molecule has 1 atom stereocenters. The van der Waals surface area contributed by atoms with Gasteiger partial charge < -0.3 is 10.6 Å². The summed E-state index contributed by atoms with van der Waals surface area (Å²) in [6.07, 6.45) is 0. The number of carbonyl (C=O) groups is 1. The zero-order valence-corrected chi connectivity index (χ0v) is 12.0. The molecule has 0 spiro atoms. The lowest BCUT2D eigenvalue weighted by molar-refractivity contribution is -0.120. The monoisotopic (exact) mass is 288 g/mol. The predicted octanol–water partition coefficient (Wildman–Crippen LogP) is 3.63. The SMILES string of the molecule is C[C@H](NC(=O)CNc1ccccc1)c1ccc(Cl)cc1. The van der Waals surface area contributed by atoms with Crippen LogP contribution >= 0.6 is 11.6 Å². The Bertz CT molecular complexity index is 554. The highest BCUT2D eigenvalue weighted by molar-refractivity contribution is 6.30. The minimum Gasteiger partial charge on any atom is -0.376 e. The van der Waals surface area contributed by atoms with Crippen LogP contribution in [0.1, 0.15) is 18.5 Å². The van der Waals surface area contributed by atoms with E-state index in [1.807, 2.05) is 61.5 Å². The van der Waals surface area contributed by atoms with Crippen LogP contribution in [0.5, 0.6) is 0 Å². The van der Waals surface area contributed by atoms with Crippen molar-refractivity contribution < 1.29 is 4.79 Å². The molecule has 0 fully saturated rings. The third kappa shape index (κ3) is 4.28. The summed E-state index contributed by atoms with van der Waals surface area (Å²) < 4.78 is 0. The molecule has 1 amide bonds. The maximum atomic E-state index is 11.9. The minimum atomic E-state index is -0.0451. The Labute approximate surface area is 124 Å². The Balaban J connectivity index is 1.83. The molecule has 3 nitrogen and oxygen atoms in total. The van der Waals surface area contributed by atoms with Crippen molar-refractivity contribution in [3.8, 4) is 0 Å². The van der Waals surface area contributed by atoms with Gasteiger partial charge in [0, 0.05) is 10.7 Å². The summed E-state index contributed by atoms with van der Waals surface area (Å²) in [5, 5.41) is 6.71. The molecule has 4 heteroatoms. The number of hydrogen-bond acceptors (Lipinski definition) is 2. The molecular formula is C16H17ClN2O. The molecule has 0 aliphatic rings. The molecule has 0 aromatic heterocycles. The van der Waals surface area contributed by atoms with Gasteiger partial charge in [-0.1, -0.05) is 41.9 Å². The maximum Gasteiger partial charge on any atom is 0.239 e. The van der Waals surface area contributed by atoms with Crippen LogP contribution in [0.3, 0.4) is 0 Å². The number of anilines is 1. The molecular weight excluding hydrogens is 272 g/mol. The van der Waals surface area contributed by atoms with E-state index >= 15 is 0 Å². The Morgan fingerprint density at radius 1 is 1.10 bits per heavy atom. The zero-order valence-electron chi connectivity index (χ0n) is 11.3. The third-order valence-electron chi connectivity index (χ3n) is 2.97. The second-order valence-corrected chi connectivity index (χ2v) is 5.00. The first-order valence-electron chi connectivity index (χ1n) is 6.49. The summed E-state index contributed by atoms with van der Waals surface area (Å²) in [6, 6.07) is 17.1. The number of halogens is 1. The van der Waals surface area contributed by atoms with Crippen LogP contribution < -0.4 is 10.6 Å². The van der Waals surface area contributed by atoms with E-state index in [4.69, 9.17) is 11.6 Å². The number of para-hydroxylation sites is 1. The average Bonchev–Trinajstić information content (AvgIpc) is 2.47. The lowest BCUT2D eigenvalue weighted by Gasteiger charge is -2.15. The number of hydrogen-bond donors (Lipinski definition) is 2. The molecule has 104 valence electrons. The molecule has 2 aromatic rings. The van der Waals surface area contributed by atoms with Crippen LogP contribution in [-0.2, 0) is 4.79 Å². The van der Waals surface area contributed by atoms with Gasteiger partial charge in [-0.3, -0.25) is 4.79 Å². The standard InChI is InChI=1S/C16H17ClN2O/c1-12(13-7-9-14(17)10-8-13)19-16(20)11-18-15-5-3-2-4-6-15/h2-10,12,18H,11H2,1H3,(H,19,20)/t12-/m0/s1. The lowest BCUT2D eigenvalue weighted by Crippen LogP contribution is -2.32. The molecule has 2 rings (SSSR count). The van der Waals surface area contributed by atoms with Crippen molar-refractivity contribution in [2.24, 2.45) is 0 Å². The van der Waals surface area contributed by atoms with Crippen LogP contribution in [0, 0.1) is 0 Å². The molecule has 2 N–H and O–H groups in total. The van der Waals surface area contributed by atoms with Gasteiger partial charge in [0.1, 0.15) is 0 Å². The Morgan fingerprint density at radius 2 is 1.75 bits per heavy atom. The largest absolute Gasteiger partial charge is 0.376 e. The van der Waals surface area contributed by atoms with E-state index in [2.05, 4.69) is 10.6 Å². The lowest BCUT2D eigenvalue weighted by atomic mass is 10.1. The highest BCUT2D eigenvalue weighted by Gasteiger charge is 2.09. The molecule has 0 saturated carbocycles. The van der Waals surface area contributed by atoms with E-state index in [9.17, 15) is 4.79 Å². The molecule has 0 unspecified atom stereocenters. The number of nitrogens with one attached hydrogen (secondary N) is 2. The highest BCUT2D eigenvalue weighted by atomic mass is 35.5. The number of benzene rings is 2. The van der Waals surface area contributed by atoms with E-state index < -0.39 is 0 Å². The fourth-order valence-corrected chi connectivity index (χ4v) is 1.99. The molecule has 0 saturated heterocycles. The second-order valence-electron chi connectivity index (χ2n) is 4.56. The van der Waals surface area contributed by atoms with Gasteiger partial charge in [0.15, 0.2) is 0 Å². The Kier molecular flexibility index (Phi) is 5.02. The first-order chi connectivity index (χ1) is 9.65. The number of rotatable bonds is 5. The normalized spacial score (nSPS) is 11.7. The van der Waals surface area contributed by atoms with E-state index in [1.54, 1.807) is 0 Å². The summed E-state index contributed by atoms with van der Waals surface area (Å²) >= 11 is 5.84. The van der Waals surface area contributed by atoms with E-state index in [0.29, 0.717) is 5.02 Å². The molecule has 2 aromatic carbocycles. The first kappa shape index (κ1) is 14.4. The zero-order chi connectivity index (χ0) is 14.4. The minimum absolute atomic E-state index is 0.0441. The number of carbonyl (C=O) groups excluding carboxylic acids is 1. The predicted molar refractivity (Wildman–Crippen MR) is 82.9 cm³/mol. The molecule has 0 bridgehead atoms. The van der Waals surface area contributed by atoms with Crippen molar-refractivity contribution >= 4 is 23.2 Å². The van der Waals surface area contributed by atoms with Gasteiger partial charge >= 0.3 is 0 Å². The summed E-state index contributed by atoms with van der Waals surface area (Å²) in [6.45, 7) is 2.20. The van der Waals surface area contributed by atoms with E-state index in [1.165, 1.54) is 0 Å². The van der Waals surface area contributed by atoms with Crippen LogP contribution in [0.25, 0.3) is 0 Å². The fourth-order valence-electron chi connectivity index (χ4n) is 1.87. The summed E-state index contributed by atoms with van der Waals surface area (Å²) in [4.78, 5) is 11.9. The van der Waals surface area contributed by atoms with E-state index in [-0.39, 0.29) is 18.5 Å². The highest BCUT2D eigenvalue weighted by Crippen LogP contribution is 2.15. The molecule has 20 heavy (non-hydrogen) atoms. The van der Waals surface area contributed by atoms with Crippen molar-refractivity contribution in [3.63, 3.8) is 0 Å². The van der Waals surface area contributed by atoms with Gasteiger partial charge in [-0.05, 0) is 36.8 Å². The van der Waals surface area contributed by atoms with Gasteiger partial charge in [0.2, 0.25) is 5.91 Å². The Morgan fingerprint density at radius 3 is 2.40 bits per heavy atom. The van der Waals surface area contributed by atoms with Gasteiger partial charge in [-0.15, -0.1) is 0 Å². The van der Waals surface area contributed by atoms with Crippen LogP contribution in [0.4, 0.5) is 5.69 Å². The summed E-state index contributed by atoms with van der Waals surface area (Å²) in [5.74, 6) is -0.0451. The molecule has 0 aliphatic carbocycles. The van der Waals surface area contributed by atoms with E-state index in [0.717, 1.165) is 11.3 Å². The van der Waals surface area contributed by atoms with Crippen molar-refractivity contribution in [1.29, 1.82) is 0 Å².